The van der Waals surface area contributed by atoms with Gasteiger partial charge in [0.25, 0.3) is 0 Å². The van der Waals surface area contributed by atoms with Gasteiger partial charge in [0, 0.05) is 18.7 Å². The molecule has 4 heteroatoms. The number of fused-ring (bicyclic) bond motifs is 1. The zero-order chi connectivity index (χ0) is 15.4. The molecule has 2 aromatic rings. The Morgan fingerprint density at radius 2 is 1.86 bits per heavy atom. The maximum Gasteiger partial charge on any atom is 0.325 e. The van der Waals surface area contributed by atoms with Crippen molar-refractivity contribution in [3.8, 4) is 5.75 Å². The third-order valence-corrected chi connectivity index (χ3v) is 3.98. The van der Waals surface area contributed by atoms with Gasteiger partial charge in [0.2, 0.25) is 0 Å². The van der Waals surface area contributed by atoms with Gasteiger partial charge >= 0.3 is 5.97 Å². The molecule has 3 rings (SSSR count). The monoisotopic (exact) mass is 297 g/mol. The van der Waals surface area contributed by atoms with E-state index in [1.54, 1.807) is 0 Å². The van der Waals surface area contributed by atoms with Crippen LogP contribution in [0.4, 0.5) is 0 Å². The summed E-state index contributed by atoms with van der Waals surface area (Å²) in [6.45, 7) is 1.81. The van der Waals surface area contributed by atoms with Crippen molar-refractivity contribution in [3.63, 3.8) is 0 Å². The number of carboxylic acid groups (broad SMARTS) is 1. The first-order valence-electron chi connectivity index (χ1n) is 7.48. The van der Waals surface area contributed by atoms with Crippen molar-refractivity contribution in [2.75, 3.05) is 19.7 Å². The first-order valence-corrected chi connectivity index (χ1v) is 7.48. The molecule has 1 aliphatic rings. The van der Waals surface area contributed by atoms with Gasteiger partial charge in [-0.1, -0.05) is 48.5 Å². The van der Waals surface area contributed by atoms with Crippen molar-refractivity contribution in [1.29, 1.82) is 0 Å². The maximum absolute atomic E-state index is 11.8. The number of benzene rings is 2. The number of hydrogen-bond acceptors (Lipinski definition) is 3. The van der Waals surface area contributed by atoms with Gasteiger partial charge in [-0.25, -0.2) is 0 Å². The van der Waals surface area contributed by atoms with Crippen molar-refractivity contribution in [2.45, 2.75) is 12.5 Å². The van der Waals surface area contributed by atoms with Crippen molar-refractivity contribution in [2.24, 2.45) is 0 Å². The predicted molar refractivity (Wildman–Crippen MR) is 84.0 cm³/mol. The van der Waals surface area contributed by atoms with E-state index < -0.39 is 12.0 Å². The molecule has 0 saturated carbocycles. The first-order chi connectivity index (χ1) is 10.8. The summed E-state index contributed by atoms with van der Waals surface area (Å²) in [6, 6.07) is 16.9. The summed E-state index contributed by atoms with van der Waals surface area (Å²) in [5, 5.41) is 9.68. The Kier molecular flexibility index (Phi) is 4.39. The number of ether oxygens (including phenoxy) is 1. The Bertz CT molecular complexity index is 642. The van der Waals surface area contributed by atoms with Gasteiger partial charge in [0.15, 0.2) is 0 Å². The van der Waals surface area contributed by atoms with Crippen LogP contribution in [0.15, 0.2) is 54.6 Å². The zero-order valence-electron chi connectivity index (χ0n) is 12.3. The average Bonchev–Trinajstić information content (AvgIpc) is 2.73. The van der Waals surface area contributed by atoms with Crippen LogP contribution < -0.4 is 4.74 Å². The number of carboxylic acids is 1. The van der Waals surface area contributed by atoms with Crippen LogP contribution in [0, 0.1) is 0 Å². The average molecular weight is 297 g/mol. The maximum atomic E-state index is 11.8. The lowest BCUT2D eigenvalue weighted by Crippen LogP contribution is -2.36. The normalized spacial score (nSPS) is 18.1. The lowest BCUT2D eigenvalue weighted by Gasteiger charge is -2.26. The summed E-state index contributed by atoms with van der Waals surface area (Å²) in [6.07, 6.45) is 0.826. The molecule has 1 N–H and O–H groups in total. The standard InChI is InChI=1S/C18H19NO3/c20-18(21)17-15-8-4-5-9-16(15)22-13-12-19(17)11-10-14-6-2-1-3-7-14/h1-9,17H,10-13H2,(H,20,21). The molecule has 1 unspecified atom stereocenters. The quantitative estimate of drug-likeness (QED) is 0.943. The molecule has 1 heterocycles. The molecule has 114 valence electrons. The van der Waals surface area contributed by atoms with E-state index in [-0.39, 0.29) is 0 Å². The Balaban J connectivity index is 1.82. The number of para-hydroxylation sites is 1. The fraction of sp³-hybridized carbons (Fsp3) is 0.278. The van der Waals surface area contributed by atoms with Gasteiger partial charge in [-0.2, -0.15) is 0 Å². The molecule has 0 saturated heterocycles. The highest BCUT2D eigenvalue weighted by Crippen LogP contribution is 2.32. The van der Waals surface area contributed by atoms with Crippen LogP contribution in [0.2, 0.25) is 0 Å². The van der Waals surface area contributed by atoms with Gasteiger partial charge in [-0.15, -0.1) is 0 Å². The fourth-order valence-corrected chi connectivity index (χ4v) is 2.88. The lowest BCUT2D eigenvalue weighted by molar-refractivity contribution is -0.143. The molecule has 0 radical (unpaired) electrons. The number of carbonyl (C=O) groups is 1. The molecule has 1 aliphatic heterocycles. The van der Waals surface area contributed by atoms with Crippen LogP contribution in [0.5, 0.6) is 5.75 Å². The second-order valence-electron chi connectivity index (χ2n) is 5.40. The highest BCUT2D eigenvalue weighted by atomic mass is 16.5. The van der Waals surface area contributed by atoms with E-state index in [0.717, 1.165) is 12.0 Å². The molecule has 2 aromatic carbocycles. The van der Waals surface area contributed by atoms with Crippen molar-refractivity contribution < 1.29 is 14.6 Å². The van der Waals surface area contributed by atoms with Crippen molar-refractivity contribution >= 4 is 5.97 Å². The minimum absolute atomic E-state index is 0.510. The van der Waals surface area contributed by atoms with Gasteiger partial charge in [0.1, 0.15) is 18.4 Å². The number of rotatable bonds is 4. The summed E-state index contributed by atoms with van der Waals surface area (Å²) < 4.78 is 5.71. The SMILES string of the molecule is O=C(O)C1c2ccccc2OCCN1CCc1ccccc1. The minimum atomic E-state index is -0.828. The summed E-state index contributed by atoms with van der Waals surface area (Å²) in [4.78, 5) is 13.8. The minimum Gasteiger partial charge on any atom is -0.492 e. The summed E-state index contributed by atoms with van der Waals surface area (Å²) in [7, 11) is 0. The zero-order valence-corrected chi connectivity index (χ0v) is 12.3. The Morgan fingerprint density at radius 3 is 2.64 bits per heavy atom. The number of aliphatic carboxylic acids is 1. The van der Waals surface area contributed by atoms with E-state index in [4.69, 9.17) is 4.74 Å². The highest BCUT2D eigenvalue weighted by Gasteiger charge is 2.31. The molecule has 0 spiro atoms. The number of nitrogens with zero attached hydrogens (tertiary/aromatic N) is 1. The largest absolute Gasteiger partial charge is 0.492 e. The molecule has 22 heavy (non-hydrogen) atoms. The molecule has 0 amide bonds. The van der Waals surface area contributed by atoms with E-state index in [1.165, 1.54) is 5.56 Å². The Morgan fingerprint density at radius 1 is 1.14 bits per heavy atom. The third-order valence-electron chi connectivity index (χ3n) is 3.98. The van der Waals surface area contributed by atoms with Crippen molar-refractivity contribution in [1.82, 2.24) is 4.90 Å². The smallest absolute Gasteiger partial charge is 0.325 e. The van der Waals surface area contributed by atoms with Crippen LogP contribution in [0.1, 0.15) is 17.2 Å². The van der Waals surface area contributed by atoms with Crippen LogP contribution >= 0.6 is 0 Å². The Labute approximate surface area is 130 Å². The molecular weight excluding hydrogens is 278 g/mol. The van der Waals surface area contributed by atoms with Crippen LogP contribution in [0.3, 0.4) is 0 Å². The molecule has 4 nitrogen and oxygen atoms in total. The molecular formula is C18H19NO3. The fourth-order valence-electron chi connectivity index (χ4n) is 2.88. The van der Waals surface area contributed by atoms with Gasteiger partial charge in [-0.3, -0.25) is 9.69 Å². The lowest BCUT2D eigenvalue weighted by atomic mass is 10.0. The van der Waals surface area contributed by atoms with Crippen molar-refractivity contribution in [3.05, 3.63) is 65.7 Å². The van der Waals surface area contributed by atoms with E-state index in [1.807, 2.05) is 47.4 Å². The summed E-state index contributed by atoms with van der Waals surface area (Å²) >= 11 is 0. The topological polar surface area (TPSA) is 49.8 Å². The predicted octanol–water partition coefficient (Wildman–Crippen LogP) is 2.75. The molecule has 0 aliphatic carbocycles. The summed E-state index contributed by atoms with van der Waals surface area (Å²) in [5.41, 5.74) is 1.95. The van der Waals surface area contributed by atoms with E-state index >= 15 is 0 Å². The molecule has 1 atom stereocenters. The summed E-state index contributed by atoms with van der Waals surface area (Å²) in [5.74, 6) is -0.150. The van der Waals surface area contributed by atoms with Gasteiger partial charge < -0.3 is 9.84 Å². The van der Waals surface area contributed by atoms with Gasteiger partial charge in [0.05, 0.1) is 0 Å². The van der Waals surface area contributed by atoms with E-state index in [0.29, 0.717) is 25.4 Å². The second-order valence-corrected chi connectivity index (χ2v) is 5.40. The third kappa shape index (κ3) is 3.12. The number of hydrogen-bond donors (Lipinski definition) is 1. The van der Waals surface area contributed by atoms with Crippen LogP contribution in [-0.2, 0) is 11.2 Å². The molecule has 0 fully saturated rings. The molecule has 0 bridgehead atoms. The van der Waals surface area contributed by atoms with E-state index in [9.17, 15) is 9.90 Å². The second kappa shape index (κ2) is 6.62. The van der Waals surface area contributed by atoms with Crippen LogP contribution in [0.25, 0.3) is 0 Å². The Hall–Kier alpha value is -2.33. The van der Waals surface area contributed by atoms with E-state index in [2.05, 4.69) is 12.1 Å². The first kappa shape index (κ1) is 14.6. The highest BCUT2D eigenvalue weighted by molar-refractivity contribution is 5.77. The molecule has 0 aromatic heterocycles. The van der Waals surface area contributed by atoms with Crippen LogP contribution in [-0.4, -0.2) is 35.7 Å². The van der Waals surface area contributed by atoms with Gasteiger partial charge in [-0.05, 0) is 18.1 Å².